The summed E-state index contributed by atoms with van der Waals surface area (Å²) >= 11 is 5.55. The van der Waals surface area contributed by atoms with Gasteiger partial charge in [-0.05, 0) is 33.1 Å². The van der Waals surface area contributed by atoms with Crippen LogP contribution in [0.1, 0.15) is 33.1 Å². The molecular formula is C10H20ClO4P. The van der Waals surface area contributed by atoms with E-state index in [-0.39, 0.29) is 13.2 Å². The van der Waals surface area contributed by atoms with Gasteiger partial charge in [0.1, 0.15) is 0 Å². The van der Waals surface area contributed by atoms with Crippen molar-refractivity contribution in [3.63, 3.8) is 0 Å². The lowest BCUT2D eigenvalue weighted by atomic mass is 10.2. The van der Waals surface area contributed by atoms with Crippen LogP contribution < -0.4 is 0 Å². The Morgan fingerprint density at radius 3 is 2.25 bits per heavy atom. The lowest BCUT2D eigenvalue weighted by Gasteiger charge is -2.19. The van der Waals surface area contributed by atoms with Crippen LogP contribution in [-0.4, -0.2) is 24.2 Å². The fourth-order valence-electron chi connectivity index (χ4n) is 1.22. The van der Waals surface area contributed by atoms with Gasteiger partial charge in [-0.2, -0.15) is 0 Å². The third kappa shape index (κ3) is 5.35. The van der Waals surface area contributed by atoms with Crippen LogP contribution in [-0.2, 0) is 13.6 Å². The molecule has 0 unspecified atom stereocenters. The van der Waals surface area contributed by atoms with E-state index in [9.17, 15) is 4.57 Å². The second-order valence-corrected chi connectivity index (χ2v) is 5.56. The van der Waals surface area contributed by atoms with E-state index in [2.05, 4.69) is 0 Å². The second kappa shape index (κ2) is 9.06. The zero-order chi connectivity index (χ0) is 12.4. The molecule has 16 heavy (non-hydrogen) atoms. The Morgan fingerprint density at radius 2 is 1.88 bits per heavy atom. The highest BCUT2D eigenvalue weighted by Crippen LogP contribution is 2.57. The van der Waals surface area contributed by atoms with Crippen molar-refractivity contribution in [2.24, 2.45) is 0 Å². The maximum absolute atomic E-state index is 12.2. The quantitative estimate of drug-likeness (QED) is 0.297. The van der Waals surface area contributed by atoms with E-state index < -0.39 is 7.60 Å². The number of rotatable bonds is 9. The third-order valence-electron chi connectivity index (χ3n) is 1.92. The molecule has 0 radical (unpaired) electrons. The summed E-state index contributed by atoms with van der Waals surface area (Å²) in [5.41, 5.74) is 0. The summed E-state index contributed by atoms with van der Waals surface area (Å²) in [5, 5.41) is 9.41. The van der Waals surface area contributed by atoms with Crippen molar-refractivity contribution < 1.29 is 18.7 Å². The van der Waals surface area contributed by atoms with Crippen molar-refractivity contribution in [3.05, 3.63) is 11.6 Å². The van der Waals surface area contributed by atoms with Crippen molar-refractivity contribution in [1.82, 2.24) is 0 Å². The van der Waals surface area contributed by atoms with Gasteiger partial charge in [-0.3, -0.25) is 4.57 Å². The van der Waals surface area contributed by atoms with Gasteiger partial charge in [0.2, 0.25) is 0 Å². The van der Waals surface area contributed by atoms with Gasteiger partial charge >= 0.3 is 7.60 Å². The topological polar surface area (TPSA) is 55.8 Å². The zero-order valence-electron chi connectivity index (χ0n) is 9.82. The monoisotopic (exact) mass is 270 g/mol. The van der Waals surface area contributed by atoms with Crippen molar-refractivity contribution in [1.29, 1.82) is 0 Å². The summed E-state index contributed by atoms with van der Waals surface area (Å²) in [6.45, 7) is 4.03. The predicted molar refractivity (Wildman–Crippen MR) is 66.1 cm³/mol. The lowest BCUT2D eigenvalue weighted by molar-refractivity contribution is 0.224. The highest BCUT2D eigenvalue weighted by Gasteiger charge is 2.29. The van der Waals surface area contributed by atoms with Gasteiger partial charge in [-0.15, -0.1) is 11.6 Å². The fraction of sp³-hybridized carbons (Fsp3) is 0.800. The van der Waals surface area contributed by atoms with Crippen LogP contribution in [0.3, 0.4) is 0 Å². The molecule has 0 aliphatic heterocycles. The first-order valence-corrected chi connectivity index (χ1v) is 7.51. The summed E-state index contributed by atoms with van der Waals surface area (Å²) in [5.74, 6) is 0.548. The minimum absolute atomic E-state index is 0.282. The van der Waals surface area contributed by atoms with Crippen LogP contribution in [0.15, 0.2) is 11.6 Å². The molecule has 0 atom stereocenters. The van der Waals surface area contributed by atoms with Crippen LogP contribution in [0.2, 0.25) is 0 Å². The number of aliphatic hydroxyl groups excluding tert-OH is 1. The molecule has 0 saturated carbocycles. The smallest absolute Gasteiger partial charge is 0.360 e. The number of allylic oxidation sites excluding steroid dienone is 1. The molecule has 96 valence electrons. The summed E-state index contributed by atoms with van der Waals surface area (Å²) in [6, 6.07) is 0. The van der Waals surface area contributed by atoms with Crippen molar-refractivity contribution in [3.8, 4) is 0 Å². The zero-order valence-corrected chi connectivity index (χ0v) is 11.5. The number of unbranched alkanes of at least 4 members (excludes halogenated alkanes) is 1. The maximum Gasteiger partial charge on any atom is 0.360 e. The van der Waals surface area contributed by atoms with Crippen molar-refractivity contribution >= 4 is 19.2 Å². The minimum Gasteiger partial charge on any atom is -0.515 e. The summed E-state index contributed by atoms with van der Waals surface area (Å²) in [4.78, 5) is 0. The fourth-order valence-corrected chi connectivity index (χ4v) is 3.06. The van der Waals surface area contributed by atoms with E-state index in [0.29, 0.717) is 17.6 Å². The average molecular weight is 271 g/mol. The molecule has 0 amide bonds. The average Bonchev–Trinajstić information content (AvgIpc) is 2.25. The first kappa shape index (κ1) is 16.0. The van der Waals surface area contributed by atoms with E-state index in [1.165, 1.54) is 0 Å². The summed E-state index contributed by atoms with van der Waals surface area (Å²) in [7, 11) is -3.30. The Balaban J connectivity index is 4.53. The number of hydrogen-bond donors (Lipinski definition) is 1. The van der Waals surface area contributed by atoms with Gasteiger partial charge in [-0.1, -0.05) is 0 Å². The highest BCUT2D eigenvalue weighted by atomic mass is 35.5. The Kier molecular flexibility index (Phi) is 9.04. The number of halogens is 1. The lowest BCUT2D eigenvalue weighted by Crippen LogP contribution is -1.99. The molecular weight excluding hydrogens is 251 g/mol. The molecule has 0 rings (SSSR count). The molecule has 0 aromatic rings. The SMILES string of the molecule is CCOP(=O)(OCC)/C(=C\O)CCCCCl. The first-order valence-electron chi connectivity index (χ1n) is 5.43. The first-order chi connectivity index (χ1) is 7.64. The Morgan fingerprint density at radius 1 is 1.31 bits per heavy atom. The van der Waals surface area contributed by atoms with Crippen molar-refractivity contribution in [2.75, 3.05) is 19.1 Å². The van der Waals surface area contributed by atoms with Gasteiger partial charge in [0.05, 0.1) is 24.8 Å². The van der Waals surface area contributed by atoms with Crippen LogP contribution in [0.5, 0.6) is 0 Å². The molecule has 0 aromatic heterocycles. The van der Waals surface area contributed by atoms with Gasteiger partial charge in [0, 0.05) is 5.88 Å². The third-order valence-corrected chi connectivity index (χ3v) is 4.42. The van der Waals surface area contributed by atoms with E-state index >= 15 is 0 Å². The molecule has 0 aliphatic rings. The van der Waals surface area contributed by atoms with Crippen LogP contribution in [0.4, 0.5) is 0 Å². The molecule has 0 spiro atoms. The van der Waals surface area contributed by atoms with Gasteiger partial charge in [-0.25, -0.2) is 0 Å². The standard InChI is InChI=1S/C10H20ClO4P/c1-3-14-16(13,15-4-2)10(9-12)7-5-6-8-11/h9,12H,3-8H2,1-2H3/b10-9-. The molecule has 0 fully saturated rings. The van der Waals surface area contributed by atoms with E-state index in [1.54, 1.807) is 13.8 Å². The molecule has 0 heterocycles. The molecule has 6 heteroatoms. The molecule has 1 N–H and O–H groups in total. The Labute approximate surface area is 102 Å². The molecule has 0 bridgehead atoms. The van der Waals surface area contributed by atoms with Crippen molar-refractivity contribution in [2.45, 2.75) is 33.1 Å². The Bertz CT molecular complexity index is 245. The van der Waals surface area contributed by atoms with Crippen LogP contribution in [0, 0.1) is 0 Å². The van der Waals surface area contributed by atoms with E-state index in [4.69, 9.17) is 25.8 Å². The molecule has 0 aliphatic carbocycles. The maximum atomic E-state index is 12.2. The summed E-state index contributed by atoms with van der Waals surface area (Å²) in [6.07, 6.45) is 2.86. The highest BCUT2D eigenvalue weighted by molar-refractivity contribution is 7.58. The van der Waals surface area contributed by atoms with E-state index in [0.717, 1.165) is 19.1 Å². The predicted octanol–water partition coefficient (Wildman–Crippen LogP) is 4.06. The number of hydrogen-bond acceptors (Lipinski definition) is 4. The second-order valence-electron chi connectivity index (χ2n) is 3.10. The summed E-state index contributed by atoms with van der Waals surface area (Å²) < 4.78 is 22.5. The molecule has 0 aromatic carbocycles. The molecule has 0 saturated heterocycles. The van der Waals surface area contributed by atoms with Gasteiger partial charge < -0.3 is 14.2 Å². The normalized spacial score (nSPS) is 13.1. The van der Waals surface area contributed by atoms with E-state index in [1.807, 2.05) is 0 Å². The minimum atomic E-state index is -3.30. The largest absolute Gasteiger partial charge is 0.515 e. The molecule has 4 nitrogen and oxygen atoms in total. The van der Waals surface area contributed by atoms with Crippen LogP contribution in [0.25, 0.3) is 0 Å². The van der Waals surface area contributed by atoms with Gasteiger partial charge in [0.15, 0.2) is 0 Å². The van der Waals surface area contributed by atoms with Crippen LogP contribution >= 0.6 is 19.2 Å². The number of aliphatic hydroxyl groups is 1. The van der Waals surface area contributed by atoms with Gasteiger partial charge in [0.25, 0.3) is 0 Å². The Hall–Kier alpha value is -0.0200. The number of alkyl halides is 1.